The fourth-order valence-corrected chi connectivity index (χ4v) is 2.57. The highest BCUT2D eigenvalue weighted by Gasteiger charge is 2.43. The average Bonchev–Trinajstić information content (AvgIpc) is 2.39. The molecule has 1 saturated heterocycles. The Morgan fingerprint density at radius 3 is 2.40 bits per heavy atom. The summed E-state index contributed by atoms with van der Waals surface area (Å²) >= 11 is 0. The van der Waals surface area contributed by atoms with Crippen molar-refractivity contribution in [2.75, 3.05) is 6.54 Å². The Kier molecular flexibility index (Phi) is 4.02. The molecule has 1 heterocycles. The summed E-state index contributed by atoms with van der Waals surface area (Å²) in [6.07, 6.45) is -1.02. The van der Waals surface area contributed by atoms with Gasteiger partial charge in [-0.2, -0.15) is 0 Å². The summed E-state index contributed by atoms with van der Waals surface area (Å²) in [7, 11) is 0. The number of carbonyl (C=O) groups excluding carboxylic acids is 1. The average molecular weight is 277 g/mol. The summed E-state index contributed by atoms with van der Waals surface area (Å²) < 4.78 is 0. The molecule has 0 saturated carbocycles. The molecule has 2 N–H and O–H groups in total. The van der Waals surface area contributed by atoms with Crippen LogP contribution in [0, 0.1) is 5.92 Å². The van der Waals surface area contributed by atoms with E-state index in [1.165, 1.54) is 0 Å². The monoisotopic (exact) mass is 277 g/mol. The summed E-state index contributed by atoms with van der Waals surface area (Å²) in [4.78, 5) is 35.4. The van der Waals surface area contributed by atoms with E-state index in [0.717, 1.165) is 10.5 Å². The number of amides is 1. The Hall–Kier alpha value is -2.37. The first-order chi connectivity index (χ1) is 9.50. The van der Waals surface area contributed by atoms with Gasteiger partial charge in [-0.3, -0.25) is 9.59 Å². The maximum absolute atomic E-state index is 11.8. The molecule has 1 aliphatic heterocycles. The number of ketones is 1. The quantitative estimate of drug-likeness (QED) is 0.811. The molecule has 0 bridgehead atoms. The van der Waals surface area contributed by atoms with Crippen molar-refractivity contribution in [1.29, 1.82) is 0 Å². The van der Waals surface area contributed by atoms with E-state index in [1.807, 2.05) is 6.07 Å². The van der Waals surface area contributed by atoms with Crippen molar-refractivity contribution in [3.05, 3.63) is 35.9 Å². The fourth-order valence-electron chi connectivity index (χ4n) is 2.57. The van der Waals surface area contributed by atoms with Crippen molar-refractivity contribution >= 4 is 17.8 Å². The second kappa shape index (κ2) is 5.73. The van der Waals surface area contributed by atoms with Gasteiger partial charge in [0, 0.05) is 13.0 Å². The molecule has 1 aromatic rings. The number of hydrogen-bond acceptors (Lipinski definition) is 3. The lowest BCUT2D eigenvalue weighted by molar-refractivity contribution is -0.151. The van der Waals surface area contributed by atoms with Gasteiger partial charge in [0.25, 0.3) is 0 Å². The van der Waals surface area contributed by atoms with Crippen LogP contribution in [0.15, 0.2) is 30.3 Å². The van der Waals surface area contributed by atoms with E-state index in [0.29, 0.717) is 0 Å². The third-order valence-corrected chi connectivity index (χ3v) is 3.53. The predicted molar refractivity (Wildman–Crippen MR) is 69.4 cm³/mol. The maximum Gasteiger partial charge on any atom is 0.407 e. The first-order valence-electron chi connectivity index (χ1n) is 6.29. The molecular formula is C14H15NO5. The van der Waals surface area contributed by atoms with Crippen LogP contribution in [0.25, 0.3) is 0 Å². The van der Waals surface area contributed by atoms with Gasteiger partial charge in [0.15, 0.2) is 5.78 Å². The molecule has 0 aliphatic carbocycles. The van der Waals surface area contributed by atoms with Gasteiger partial charge >= 0.3 is 12.1 Å². The summed E-state index contributed by atoms with van der Waals surface area (Å²) in [5, 5.41) is 18.4. The molecule has 2 atom stereocenters. The number of aliphatic carboxylic acids is 1. The van der Waals surface area contributed by atoms with Gasteiger partial charge < -0.3 is 15.1 Å². The first kappa shape index (κ1) is 14.0. The zero-order valence-corrected chi connectivity index (χ0v) is 10.7. The van der Waals surface area contributed by atoms with Gasteiger partial charge in [-0.05, 0) is 12.0 Å². The predicted octanol–water partition coefficient (Wildman–Crippen LogP) is 1.25. The van der Waals surface area contributed by atoms with Gasteiger partial charge in [-0.25, -0.2) is 4.79 Å². The number of likely N-dealkylation sites (tertiary alicyclic amines) is 1. The van der Waals surface area contributed by atoms with Gasteiger partial charge in [-0.1, -0.05) is 30.3 Å². The minimum atomic E-state index is -1.29. The lowest BCUT2D eigenvalue weighted by Gasteiger charge is -2.36. The highest BCUT2D eigenvalue weighted by molar-refractivity contribution is 6.00. The minimum Gasteiger partial charge on any atom is -0.481 e. The molecule has 0 aromatic heterocycles. The lowest BCUT2D eigenvalue weighted by atomic mass is 9.84. The van der Waals surface area contributed by atoms with Crippen LogP contribution in [-0.2, 0) is 16.0 Å². The smallest absolute Gasteiger partial charge is 0.407 e. The summed E-state index contributed by atoms with van der Waals surface area (Å²) in [5.41, 5.74) is 0.810. The second-order valence-corrected chi connectivity index (χ2v) is 4.77. The molecule has 1 aliphatic rings. The molecule has 106 valence electrons. The topological polar surface area (TPSA) is 94.9 Å². The molecule has 1 fully saturated rings. The summed E-state index contributed by atoms with van der Waals surface area (Å²) in [5.74, 6) is -2.96. The van der Waals surface area contributed by atoms with Crippen LogP contribution in [0.3, 0.4) is 0 Å². The van der Waals surface area contributed by atoms with Gasteiger partial charge in [0.1, 0.15) is 5.92 Å². The number of nitrogens with zero attached hydrogens (tertiary/aromatic N) is 1. The molecule has 0 spiro atoms. The molecule has 1 amide bonds. The number of benzene rings is 1. The zero-order valence-electron chi connectivity index (χ0n) is 10.7. The largest absolute Gasteiger partial charge is 0.481 e. The van der Waals surface area contributed by atoms with E-state index in [1.54, 1.807) is 24.3 Å². The normalized spacial score (nSPS) is 22.6. The van der Waals surface area contributed by atoms with Crippen LogP contribution in [0.5, 0.6) is 0 Å². The Bertz CT molecular complexity index is 528. The van der Waals surface area contributed by atoms with E-state index >= 15 is 0 Å². The van der Waals surface area contributed by atoms with E-state index in [9.17, 15) is 24.6 Å². The number of Topliss-reactive ketones (excluding diaryl/α,β-unsaturated/α-hetero) is 1. The Morgan fingerprint density at radius 2 is 1.85 bits per heavy atom. The van der Waals surface area contributed by atoms with Crippen molar-refractivity contribution in [3.63, 3.8) is 0 Å². The second-order valence-electron chi connectivity index (χ2n) is 4.77. The molecule has 20 heavy (non-hydrogen) atoms. The van der Waals surface area contributed by atoms with E-state index < -0.39 is 29.8 Å². The molecule has 1 aromatic carbocycles. The van der Waals surface area contributed by atoms with Crippen LogP contribution in [0.2, 0.25) is 0 Å². The fraction of sp³-hybridized carbons (Fsp3) is 0.357. The molecule has 6 heteroatoms. The third-order valence-electron chi connectivity index (χ3n) is 3.53. The lowest BCUT2D eigenvalue weighted by Crippen LogP contribution is -2.55. The summed E-state index contributed by atoms with van der Waals surface area (Å²) in [6, 6.07) is 8.13. The van der Waals surface area contributed by atoms with Crippen molar-refractivity contribution in [2.45, 2.75) is 18.9 Å². The van der Waals surface area contributed by atoms with Crippen LogP contribution in [0.4, 0.5) is 4.79 Å². The highest BCUT2D eigenvalue weighted by atomic mass is 16.4. The maximum atomic E-state index is 11.8. The number of carbonyl (C=O) groups is 3. The van der Waals surface area contributed by atoms with E-state index in [-0.39, 0.29) is 19.4 Å². The number of carboxylic acids is 1. The van der Waals surface area contributed by atoms with Crippen LogP contribution < -0.4 is 0 Å². The van der Waals surface area contributed by atoms with Crippen molar-refractivity contribution in [2.24, 2.45) is 5.92 Å². The molecule has 0 radical (unpaired) electrons. The Labute approximate surface area is 115 Å². The molecule has 2 unspecified atom stereocenters. The van der Waals surface area contributed by atoms with Gasteiger partial charge in [-0.15, -0.1) is 0 Å². The van der Waals surface area contributed by atoms with Crippen molar-refractivity contribution < 1.29 is 24.6 Å². The highest BCUT2D eigenvalue weighted by Crippen LogP contribution is 2.24. The number of carboxylic acid groups (broad SMARTS) is 2. The SMILES string of the molecule is O=C(O)C1C(=O)CCN(C(=O)O)C1Cc1ccccc1. The number of rotatable bonds is 3. The zero-order chi connectivity index (χ0) is 14.7. The molecular weight excluding hydrogens is 262 g/mol. The summed E-state index contributed by atoms with van der Waals surface area (Å²) in [6.45, 7) is 0.0510. The van der Waals surface area contributed by atoms with E-state index in [4.69, 9.17) is 0 Å². The van der Waals surface area contributed by atoms with Crippen molar-refractivity contribution in [1.82, 2.24) is 4.90 Å². The molecule has 6 nitrogen and oxygen atoms in total. The first-order valence-corrected chi connectivity index (χ1v) is 6.29. The van der Waals surface area contributed by atoms with Crippen LogP contribution in [-0.4, -0.2) is 45.5 Å². The van der Waals surface area contributed by atoms with Gasteiger partial charge in [0.2, 0.25) is 0 Å². The van der Waals surface area contributed by atoms with Crippen LogP contribution >= 0.6 is 0 Å². The number of piperidine rings is 1. The van der Waals surface area contributed by atoms with E-state index in [2.05, 4.69) is 0 Å². The minimum absolute atomic E-state index is 0.0471. The van der Waals surface area contributed by atoms with Gasteiger partial charge in [0.05, 0.1) is 6.04 Å². The number of hydrogen-bond donors (Lipinski definition) is 2. The van der Waals surface area contributed by atoms with Crippen molar-refractivity contribution in [3.8, 4) is 0 Å². The standard InChI is InChI=1S/C14H15NO5/c16-11-6-7-15(14(19)20)10(12(11)13(17)18)8-9-4-2-1-3-5-9/h1-5,10,12H,6-8H2,(H,17,18)(H,19,20). The Morgan fingerprint density at radius 1 is 1.20 bits per heavy atom. The van der Waals surface area contributed by atoms with Crippen LogP contribution in [0.1, 0.15) is 12.0 Å². The third kappa shape index (κ3) is 2.79. The Balaban J connectivity index is 2.31. The molecule has 2 rings (SSSR count).